The number of aromatic nitrogens is 2. The fraction of sp³-hybridized carbons (Fsp3) is 0.364. The molecule has 4 heteroatoms. The summed E-state index contributed by atoms with van der Waals surface area (Å²) in [6.07, 6.45) is 4.76. The maximum Gasteiger partial charge on any atom is 0.0702 e. The van der Waals surface area contributed by atoms with Crippen LogP contribution >= 0.6 is 0 Å². The van der Waals surface area contributed by atoms with E-state index in [9.17, 15) is 0 Å². The van der Waals surface area contributed by atoms with Gasteiger partial charge < -0.3 is 4.74 Å². The van der Waals surface area contributed by atoms with Gasteiger partial charge >= 0.3 is 0 Å². The maximum absolute atomic E-state index is 5.89. The van der Waals surface area contributed by atoms with E-state index in [1.807, 2.05) is 24.5 Å². The van der Waals surface area contributed by atoms with E-state index in [2.05, 4.69) is 52.1 Å². The molecule has 1 saturated heterocycles. The molecule has 4 nitrogen and oxygen atoms in total. The Labute approximate surface area is 154 Å². The van der Waals surface area contributed by atoms with Crippen molar-refractivity contribution in [3.05, 3.63) is 71.7 Å². The summed E-state index contributed by atoms with van der Waals surface area (Å²) in [5.74, 6) is 0.496. The summed E-state index contributed by atoms with van der Waals surface area (Å²) in [7, 11) is 0. The molecule has 1 aliphatic heterocycles. The average Bonchev–Trinajstić information content (AvgIpc) is 2.88. The molecule has 0 saturated carbocycles. The standard InChI is InChI=1S/C22H25N3O/c1-17-4-2-8-24-22(17)15-25-10-11-26-16-19(14-25)12-18-6-7-21-20(13-18)5-3-9-23-21/h2-9,13,19H,10-12,14-16H2,1H3. The van der Waals surface area contributed by atoms with E-state index in [1.54, 1.807) is 0 Å². The van der Waals surface area contributed by atoms with E-state index in [4.69, 9.17) is 4.74 Å². The highest BCUT2D eigenvalue weighted by Crippen LogP contribution is 2.19. The Balaban J connectivity index is 1.46. The van der Waals surface area contributed by atoms with Crippen molar-refractivity contribution < 1.29 is 4.74 Å². The van der Waals surface area contributed by atoms with Crippen molar-refractivity contribution in [1.29, 1.82) is 0 Å². The van der Waals surface area contributed by atoms with E-state index in [-0.39, 0.29) is 0 Å². The third-order valence-electron chi connectivity index (χ3n) is 5.10. The second-order valence-corrected chi connectivity index (χ2v) is 7.18. The summed E-state index contributed by atoms with van der Waals surface area (Å²) in [4.78, 5) is 11.4. The molecule has 0 radical (unpaired) electrons. The van der Waals surface area contributed by atoms with Crippen LogP contribution in [-0.4, -0.2) is 41.2 Å². The van der Waals surface area contributed by atoms with Crippen LogP contribution in [0.1, 0.15) is 16.8 Å². The number of benzene rings is 1. The summed E-state index contributed by atoms with van der Waals surface area (Å²) in [6, 6.07) is 14.9. The quantitative estimate of drug-likeness (QED) is 0.722. The molecule has 0 amide bonds. The van der Waals surface area contributed by atoms with Gasteiger partial charge in [-0.3, -0.25) is 14.9 Å². The van der Waals surface area contributed by atoms with E-state index >= 15 is 0 Å². The number of rotatable bonds is 4. The zero-order valence-electron chi connectivity index (χ0n) is 15.3. The lowest BCUT2D eigenvalue weighted by Crippen LogP contribution is -2.31. The molecule has 2 aromatic heterocycles. The highest BCUT2D eigenvalue weighted by Gasteiger charge is 2.20. The predicted molar refractivity (Wildman–Crippen MR) is 104 cm³/mol. The molecular weight excluding hydrogens is 322 g/mol. The average molecular weight is 347 g/mol. The fourth-order valence-electron chi connectivity index (χ4n) is 3.70. The van der Waals surface area contributed by atoms with Crippen LogP contribution in [0.3, 0.4) is 0 Å². The van der Waals surface area contributed by atoms with Crippen LogP contribution in [0.2, 0.25) is 0 Å². The van der Waals surface area contributed by atoms with Crippen molar-refractivity contribution in [1.82, 2.24) is 14.9 Å². The smallest absolute Gasteiger partial charge is 0.0702 e. The van der Waals surface area contributed by atoms with Gasteiger partial charge in [0.1, 0.15) is 0 Å². The summed E-state index contributed by atoms with van der Waals surface area (Å²) < 4.78 is 5.89. The van der Waals surface area contributed by atoms with Gasteiger partial charge in [-0.2, -0.15) is 0 Å². The molecule has 0 bridgehead atoms. The number of fused-ring (bicyclic) bond motifs is 1. The van der Waals surface area contributed by atoms with Crippen molar-refractivity contribution in [3.8, 4) is 0 Å². The zero-order valence-corrected chi connectivity index (χ0v) is 15.3. The molecule has 0 aliphatic carbocycles. The largest absolute Gasteiger partial charge is 0.380 e. The molecule has 4 rings (SSSR count). The van der Waals surface area contributed by atoms with E-state index in [1.165, 1.54) is 22.2 Å². The van der Waals surface area contributed by atoms with Crippen LogP contribution in [0.4, 0.5) is 0 Å². The van der Waals surface area contributed by atoms with Crippen molar-refractivity contribution in [3.63, 3.8) is 0 Å². The van der Waals surface area contributed by atoms with Gasteiger partial charge in [0, 0.05) is 37.4 Å². The monoisotopic (exact) mass is 347 g/mol. The van der Waals surface area contributed by atoms with Crippen LogP contribution < -0.4 is 0 Å². The van der Waals surface area contributed by atoms with Gasteiger partial charge in [0.2, 0.25) is 0 Å². The van der Waals surface area contributed by atoms with Gasteiger partial charge in [-0.05, 0) is 54.7 Å². The number of aryl methyl sites for hydroxylation is 1. The molecule has 1 unspecified atom stereocenters. The number of ether oxygens (including phenoxy) is 1. The molecule has 3 aromatic rings. The third kappa shape index (κ3) is 4.09. The van der Waals surface area contributed by atoms with Crippen LogP contribution in [0, 0.1) is 12.8 Å². The number of nitrogens with zero attached hydrogens (tertiary/aromatic N) is 3. The Hall–Kier alpha value is -2.30. The van der Waals surface area contributed by atoms with Gasteiger partial charge in [0.15, 0.2) is 0 Å². The normalized spacial score (nSPS) is 18.7. The molecule has 1 aliphatic rings. The lowest BCUT2D eigenvalue weighted by atomic mass is 9.98. The van der Waals surface area contributed by atoms with Crippen LogP contribution in [-0.2, 0) is 17.7 Å². The molecule has 1 fully saturated rings. The van der Waals surface area contributed by atoms with Crippen LogP contribution in [0.25, 0.3) is 10.9 Å². The second kappa shape index (κ2) is 7.94. The maximum atomic E-state index is 5.89. The second-order valence-electron chi connectivity index (χ2n) is 7.18. The lowest BCUT2D eigenvalue weighted by molar-refractivity contribution is 0.121. The van der Waals surface area contributed by atoms with Gasteiger partial charge in [0.25, 0.3) is 0 Å². The van der Waals surface area contributed by atoms with Crippen molar-refractivity contribution >= 4 is 10.9 Å². The Morgan fingerprint density at radius 3 is 2.92 bits per heavy atom. The highest BCUT2D eigenvalue weighted by atomic mass is 16.5. The first-order valence-corrected chi connectivity index (χ1v) is 9.32. The minimum Gasteiger partial charge on any atom is -0.380 e. The molecule has 1 atom stereocenters. The lowest BCUT2D eigenvalue weighted by Gasteiger charge is -2.23. The van der Waals surface area contributed by atoms with E-state index in [0.717, 1.165) is 44.8 Å². The van der Waals surface area contributed by atoms with Crippen molar-refractivity contribution in [2.24, 2.45) is 5.92 Å². The number of hydrogen-bond acceptors (Lipinski definition) is 4. The first-order chi connectivity index (χ1) is 12.8. The van der Waals surface area contributed by atoms with Crippen molar-refractivity contribution in [2.75, 3.05) is 26.3 Å². The summed E-state index contributed by atoms with van der Waals surface area (Å²) in [5, 5.41) is 1.21. The Kier molecular flexibility index (Phi) is 5.23. The first-order valence-electron chi connectivity index (χ1n) is 9.32. The molecule has 0 spiro atoms. The van der Waals surface area contributed by atoms with Crippen LogP contribution in [0.5, 0.6) is 0 Å². The molecule has 3 heterocycles. The number of hydrogen-bond donors (Lipinski definition) is 0. The van der Waals surface area contributed by atoms with E-state index < -0.39 is 0 Å². The van der Waals surface area contributed by atoms with Gasteiger partial charge in [-0.25, -0.2) is 0 Å². The summed E-state index contributed by atoms with van der Waals surface area (Å²) >= 11 is 0. The van der Waals surface area contributed by atoms with Crippen LogP contribution in [0.15, 0.2) is 54.9 Å². The Morgan fingerprint density at radius 2 is 2.00 bits per heavy atom. The minimum absolute atomic E-state index is 0.496. The highest BCUT2D eigenvalue weighted by molar-refractivity contribution is 5.78. The Bertz CT molecular complexity index is 880. The summed E-state index contributed by atoms with van der Waals surface area (Å²) in [5.41, 5.74) is 4.84. The number of pyridine rings is 2. The molecule has 1 aromatic carbocycles. The SMILES string of the molecule is Cc1cccnc1CN1CCOCC(Cc2ccc3ncccc3c2)C1. The van der Waals surface area contributed by atoms with E-state index in [0.29, 0.717) is 5.92 Å². The van der Waals surface area contributed by atoms with Gasteiger partial charge in [-0.1, -0.05) is 18.2 Å². The van der Waals surface area contributed by atoms with Gasteiger partial charge in [-0.15, -0.1) is 0 Å². The Morgan fingerprint density at radius 1 is 1.12 bits per heavy atom. The fourth-order valence-corrected chi connectivity index (χ4v) is 3.70. The molecule has 134 valence electrons. The van der Waals surface area contributed by atoms with Gasteiger partial charge in [0.05, 0.1) is 24.4 Å². The topological polar surface area (TPSA) is 38.2 Å². The molecular formula is C22H25N3O. The first kappa shape index (κ1) is 17.1. The minimum atomic E-state index is 0.496. The predicted octanol–water partition coefficient (Wildman–Crippen LogP) is 3.63. The summed E-state index contributed by atoms with van der Waals surface area (Å²) in [6.45, 7) is 6.66. The molecule has 26 heavy (non-hydrogen) atoms. The van der Waals surface area contributed by atoms with Crippen molar-refractivity contribution in [2.45, 2.75) is 19.9 Å². The zero-order chi connectivity index (χ0) is 17.8. The third-order valence-corrected chi connectivity index (χ3v) is 5.10. The molecule has 0 N–H and O–H groups in total.